The summed E-state index contributed by atoms with van der Waals surface area (Å²) >= 11 is 0. The molecule has 2 aliphatic heterocycles. The Morgan fingerprint density at radius 3 is 1.63 bits per heavy atom. The lowest BCUT2D eigenvalue weighted by atomic mass is 9.88. The van der Waals surface area contributed by atoms with Crippen molar-refractivity contribution >= 4 is 11.8 Å². The monoisotopic (exact) mass is 263 g/mol. The molecule has 0 aliphatic carbocycles. The van der Waals surface area contributed by atoms with E-state index < -0.39 is 0 Å². The van der Waals surface area contributed by atoms with Crippen LogP contribution in [0.3, 0.4) is 0 Å². The van der Waals surface area contributed by atoms with E-state index in [1.54, 1.807) is 7.05 Å². The van der Waals surface area contributed by atoms with Gasteiger partial charge in [0.2, 0.25) is 11.8 Å². The molecule has 0 aromatic rings. The second-order valence-electron chi connectivity index (χ2n) is 5.84. The number of allylic oxidation sites excluding steroid dienone is 2. The highest BCUT2D eigenvalue weighted by molar-refractivity contribution is 6.06. The lowest BCUT2D eigenvalue weighted by Gasteiger charge is -2.16. The van der Waals surface area contributed by atoms with Crippen LogP contribution in [0.2, 0.25) is 0 Å². The summed E-state index contributed by atoms with van der Waals surface area (Å²) in [5.41, 5.74) is 2.19. The Morgan fingerprint density at radius 2 is 1.32 bits per heavy atom. The minimum atomic E-state index is -0.368. The minimum absolute atomic E-state index is 0.123. The zero-order valence-electron chi connectivity index (χ0n) is 12.1. The van der Waals surface area contributed by atoms with Crippen LogP contribution in [0, 0.1) is 11.8 Å². The molecule has 4 heteroatoms. The summed E-state index contributed by atoms with van der Waals surface area (Å²) in [6.45, 7) is 7.88. The van der Waals surface area contributed by atoms with Crippen molar-refractivity contribution in [2.45, 2.75) is 39.9 Å². The molecular formula is C15H21NO3. The molecule has 4 unspecified atom stereocenters. The first kappa shape index (κ1) is 14.0. The number of ether oxygens (including phenoxy) is 1. The molecule has 0 aromatic carbocycles. The number of amides is 2. The van der Waals surface area contributed by atoms with Gasteiger partial charge in [0.15, 0.2) is 0 Å². The molecule has 0 aromatic heterocycles. The smallest absolute Gasteiger partial charge is 0.235 e. The molecule has 4 atom stereocenters. The molecule has 2 amide bonds. The highest BCUT2D eigenvalue weighted by atomic mass is 16.5. The number of hydrogen-bond donors (Lipinski definition) is 0. The van der Waals surface area contributed by atoms with Crippen LogP contribution in [0.15, 0.2) is 23.3 Å². The van der Waals surface area contributed by atoms with Gasteiger partial charge in [-0.25, -0.2) is 0 Å². The van der Waals surface area contributed by atoms with Crippen molar-refractivity contribution in [3.05, 3.63) is 23.3 Å². The molecule has 0 bridgehead atoms. The predicted octanol–water partition coefficient (Wildman–Crippen LogP) is 1.92. The van der Waals surface area contributed by atoms with Gasteiger partial charge in [-0.3, -0.25) is 14.5 Å². The molecule has 2 rings (SSSR count). The first-order valence-electron chi connectivity index (χ1n) is 6.60. The van der Waals surface area contributed by atoms with E-state index in [9.17, 15) is 9.59 Å². The average molecular weight is 263 g/mol. The van der Waals surface area contributed by atoms with Crippen molar-refractivity contribution < 1.29 is 14.3 Å². The number of fused-ring (bicyclic) bond motifs is 1. The SMILES string of the molecule is CC(C)=CC1OC(C=C(C)C)C2C(=O)N(C)C(=O)C12. The molecule has 0 saturated carbocycles. The summed E-state index contributed by atoms with van der Waals surface area (Å²) in [6, 6.07) is 0. The summed E-state index contributed by atoms with van der Waals surface area (Å²) in [5.74, 6) is -0.981. The molecular weight excluding hydrogens is 242 g/mol. The number of nitrogens with zero attached hydrogens (tertiary/aromatic N) is 1. The molecule has 0 spiro atoms. The molecule has 104 valence electrons. The molecule has 0 radical (unpaired) electrons. The van der Waals surface area contributed by atoms with Crippen LogP contribution in [0.4, 0.5) is 0 Å². The van der Waals surface area contributed by atoms with E-state index in [4.69, 9.17) is 4.74 Å². The molecule has 2 saturated heterocycles. The van der Waals surface area contributed by atoms with Gasteiger partial charge in [-0.05, 0) is 27.7 Å². The molecule has 19 heavy (non-hydrogen) atoms. The van der Waals surface area contributed by atoms with E-state index in [0.717, 1.165) is 11.1 Å². The second-order valence-corrected chi connectivity index (χ2v) is 5.84. The predicted molar refractivity (Wildman–Crippen MR) is 72.3 cm³/mol. The summed E-state index contributed by atoms with van der Waals surface area (Å²) < 4.78 is 5.92. The summed E-state index contributed by atoms with van der Waals surface area (Å²) in [7, 11) is 1.56. The Hall–Kier alpha value is -1.42. The van der Waals surface area contributed by atoms with Crippen LogP contribution >= 0.6 is 0 Å². The molecule has 2 heterocycles. The van der Waals surface area contributed by atoms with Crippen LogP contribution in [-0.4, -0.2) is 36.0 Å². The lowest BCUT2D eigenvalue weighted by molar-refractivity contribution is -0.140. The van der Waals surface area contributed by atoms with Gasteiger partial charge in [-0.15, -0.1) is 0 Å². The summed E-state index contributed by atoms with van der Waals surface area (Å²) in [4.78, 5) is 25.6. The number of carbonyl (C=O) groups excluding carboxylic acids is 2. The Kier molecular flexibility index (Phi) is 3.63. The van der Waals surface area contributed by atoms with Gasteiger partial charge in [0.25, 0.3) is 0 Å². The molecule has 0 N–H and O–H groups in total. The quantitative estimate of drug-likeness (QED) is 0.565. The van der Waals surface area contributed by atoms with Crippen molar-refractivity contribution in [3.63, 3.8) is 0 Å². The fraction of sp³-hybridized carbons (Fsp3) is 0.600. The van der Waals surface area contributed by atoms with Crippen LogP contribution < -0.4 is 0 Å². The maximum absolute atomic E-state index is 12.2. The molecule has 4 nitrogen and oxygen atoms in total. The lowest BCUT2D eigenvalue weighted by Crippen LogP contribution is -2.32. The highest BCUT2D eigenvalue weighted by Gasteiger charge is 2.57. The van der Waals surface area contributed by atoms with Crippen LogP contribution in [-0.2, 0) is 14.3 Å². The topological polar surface area (TPSA) is 46.6 Å². The van der Waals surface area contributed by atoms with Crippen LogP contribution in [0.25, 0.3) is 0 Å². The third-order valence-corrected chi connectivity index (χ3v) is 3.64. The van der Waals surface area contributed by atoms with E-state index in [1.807, 2.05) is 39.8 Å². The Labute approximate surface area is 114 Å². The largest absolute Gasteiger partial charge is 0.365 e. The van der Waals surface area contributed by atoms with E-state index >= 15 is 0 Å². The number of hydrogen-bond acceptors (Lipinski definition) is 3. The third-order valence-electron chi connectivity index (χ3n) is 3.64. The normalized spacial score (nSPS) is 33.4. The van der Waals surface area contributed by atoms with Crippen molar-refractivity contribution in [1.29, 1.82) is 0 Å². The van der Waals surface area contributed by atoms with Gasteiger partial charge in [-0.2, -0.15) is 0 Å². The first-order chi connectivity index (χ1) is 8.82. The average Bonchev–Trinajstić information content (AvgIpc) is 2.72. The fourth-order valence-electron chi connectivity index (χ4n) is 2.85. The zero-order chi connectivity index (χ0) is 14.3. The second kappa shape index (κ2) is 4.93. The Balaban J connectivity index is 2.39. The molecule has 2 aliphatic rings. The highest BCUT2D eigenvalue weighted by Crippen LogP contribution is 2.41. The van der Waals surface area contributed by atoms with Crippen molar-refractivity contribution in [1.82, 2.24) is 4.90 Å². The van der Waals surface area contributed by atoms with Crippen LogP contribution in [0.5, 0.6) is 0 Å². The number of imide groups is 1. The van der Waals surface area contributed by atoms with Gasteiger partial charge >= 0.3 is 0 Å². The van der Waals surface area contributed by atoms with E-state index in [2.05, 4.69) is 0 Å². The zero-order valence-corrected chi connectivity index (χ0v) is 12.1. The Bertz CT molecular complexity index is 428. The van der Waals surface area contributed by atoms with E-state index in [0.29, 0.717) is 0 Å². The number of rotatable bonds is 2. The maximum atomic E-state index is 12.2. The third kappa shape index (κ3) is 2.37. The number of carbonyl (C=O) groups is 2. The van der Waals surface area contributed by atoms with Crippen molar-refractivity contribution in [2.24, 2.45) is 11.8 Å². The minimum Gasteiger partial charge on any atom is -0.365 e. The van der Waals surface area contributed by atoms with Gasteiger partial charge in [0, 0.05) is 7.05 Å². The van der Waals surface area contributed by atoms with Gasteiger partial charge in [0.1, 0.15) is 0 Å². The summed E-state index contributed by atoms with van der Waals surface area (Å²) in [5, 5.41) is 0. The number of likely N-dealkylation sites (tertiary alicyclic amines) is 1. The van der Waals surface area contributed by atoms with E-state index in [1.165, 1.54) is 4.90 Å². The fourth-order valence-corrected chi connectivity index (χ4v) is 2.85. The van der Waals surface area contributed by atoms with Crippen molar-refractivity contribution in [3.8, 4) is 0 Å². The van der Waals surface area contributed by atoms with Gasteiger partial charge in [0.05, 0.1) is 24.0 Å². The van der Waals surface area contributed by atoms with Gasteiger partial charge < -0.3 is 4.74 Å². The van der Waals surface area contributed by atoms with Crippen molar-refractivity contribution in [2.75, 3.05) is 7.05 Å². The molecule has 2 fully saturated rings. The Morgan fingerprint density at radius 1 is 0.947 bits per heavy atom. The first-order valence-corrected chi connectivity index (χ1v) is 6.60. The maximum Gasteiger partial charge on any atom is 0.235 e. The summed E-state index contributed by atoms with van der Waals surface area (Å²) in [6.07, 6.45) is 3.30. The van der Waals surface area contributed by atoms with Gasteiger partial charge in [-0.1, -0.05) is 23.3 Å². The van der Waals surface area contributed by atoms with E-state index in [-0.39, 0.29) is 35.9 Å². The van der Waals surface area contributed by atoms with Crippen LogP contribution in [0.1, 0.15) is 27.7 Å². The standard InChI is InChI=1S/C15H21NO3/c1-8(2)6-10-12-13(11(19-10)7-9(3)4)15(18)16(5)14(12)17/h6-7,10-13H,1-5H3.